The number of amides is 1. The number of carbonyl (C=O) groups excluding carboxylic acids is 1. The van der Waals surface area contributed by atoms with Crippen LogP contribution in [0.4, 0.5) is 0 Å². The first-order valence-electron chi connectivity index (χ1n) is 8.49. The van der Waals surface area contributed by atoms with Gasteiger partial charge in [0.1, 0.15) is 0 Å². The highest BCUT2D eigenvalue weighted by Crippen LogP contribution is 2.60. The molecule has 4 rings (SSSR count). The van der Waals surface area contributed by atoms with Gasteiger partial charge in [-0.05, 0) is 76.0 Å². The number of aliphatic carboxylic acids is 1. The summed E-state index contributed by atoms with van der Waals surface area (Å²) in [6.45, 7) is 2.00. The van der Waals surface area contributed by atoms with Crippen molar-refractivity contribution in [3.05, 3.63) is 0 Å². The summed E-state index contributed by atoms with van der Waals surface area (Å²) in [7, 11) is 0. The molecule has 2 N–H and O–H groups in total. The molecule has 1 amide bonds. The lowest BCUT2D eigenvalue weighted by atomic mass is 9.49. The molecule has 0 aliphatic heterocycles. The van der Waals surface area contributed by atoms with Crippen molar-refractivity contribution in [2.45, 2.75) is 70.8 Å². The van der Waals surface area contributed by atoms with Gasteiger partial charge in [-0.3, -0.25) is 9.59 Å². The molecule has 4 aliphatic rings. The summed E-state index contributed by atoms with van der Waals surface area (Å²) in [5.74, 6) is 1.84. The van der Waals surface area contributed by atoms with E-state index in [4.69, 9.17) is 5.11 Å². The van der Waals surface area contributed by atoms with Crippen molar-refractivity contribution in [2.75, 3.05) is 0 Å². The van der Waals surface area contributed by atoms with Crippen LogP contribution in [-0.4, -0.2) is 23.0 Å². The number of carbonyl (C=O) groups is 2. The maximum atomic E-state index is 12.8. The van der Waals surface area contributed by atoms with Crippen molar-refractivity contribution in [3.63, 3.8) is 0 Å². The smallest absolute Gasteiger partial charge is 0.303 e. The van der Waals surface area contributed by atoms with Crippen LogP contribution in [0, 0.1) is 23.2 Å². The SMILES string of the molecule is CC(CCCC(=O)O)NC(=O)C12CC3CC(CC(C3)C1)C2. The van der Waals surface area contributed by atoms with E-state index in [2.05, 4.69) is 5.32 Å². The van der Waals surface area contributed by atoms with Gasteiger partial charge in [-0.1, -0.05) is 0 Å². The highest BCUT2D eigenvalue weighted by atomic mass is 16.4. The van der Waals surface area contributed by atoms with Crippen LogP contribution in [0.15, 0.2) is 0 Å². The molecule has 4 heteroatoms. The maximum absolute atomic E-state index is 12.8. The van der Waals surface area contributed by atoms with Crippen LogP contribution >= 0.6 is 0 Å². The van der Waals surface area contributed by atoms with Crippen molar-refractivity contribution < 1.29 is 14.7 Å². The lowest BCUT2D eigenvalue weighted by Gasteiger charge is -2.55. The van der Waals surface area contributed by atoms with Gasteiger partial charge in [0.25, 0.3) is 0 Å². The molecule has 4 nitrogen and oxygen atoms in total. The highest BCUT2D eigenvalue weighted by molar-refractivity contribution is 5.83. The van der Waals surface area contributed by atoms with Gasteiger partial charge in [0.2, 0.25) is 5.91 Å². The molecule has 0 aromatic carbocycles. The Morgan fingerprint density at radius 3 is 2.14 bits per heavy atom. The standard InChI is InChI=1S/C17H27NO3/c1-11(3-2-4-15(19)20)18-16(21)17-8-12-5-13(9-17)7-14(6-12)10-17/h11-14H,2-10H2,1H3,(H,18,21)(H,19,20). The molecule has 4 bridgehead atoms. The van der Waals surface area contributed by atoms with E-state index in [0.29, 0.717) is 6.42 Å². The molecule has 118 valence electrons. The monoisotopic (exact) mass is 293 g/mol. The van der Waals surface area contributed by atoms with Crippen LogP contribution < -0.4 is 5.32 Å². The van der Waals surface area contributed by atoms with Crippen molar-refractivity contribution in [3.8, 4) is 0 Å². The Balaban J connectivity index is 1.54. The van der Waals surface area contributed by atoms with E-state index in [1.165, 1.54) is 19.3 Å². The third-order valence-corrected chi connectivity index (χ3v) is 5.93. The van der Waals surface area contributed by atoms with E-state index >= 15 is 0 Å². The van der Waals surface area contributed by atoms with E-state index in [1.54, 1.807) is 0 Å². The summed E-state index contributed by atoms with van der Waals surface area (Å²) >= 11 is 0. The summed E-state index contributed by atoms with van der Waals surface area (Å²) in [5.41, 5.74) is -0.0875. The molecular formula is C17H27NO3. The van der Waals surface area contributed by atoms with Crippen LogP contribution in [-0.2, 0) is 9.59 Å². The first-order valence-corrected chi connectivity index (χ1v) is 8.49. The Labute approximate surface area is 126 Å². The third-order valence-electron chi connectivity index (χ3n) is 5.93. The second kappa shape index (κ2) is 5.62. The minimum absolute atomic E-state index is 0.0875. The van der Waals surface area contributed by atoms with Gasteiger partial charge in [-0.15, -0.1) is 0 Å². The molecule has 1 unspecified atom stereocenters. The maximum Gasteiger partial charge on any atom is 0.303 e. The first kappa shape index (κ1) is 14.9. The van der Waals surface area contributed by atoms with Crippen molar-refractivity contribution in [1.82, 2.24) is 5.32 Å². The number of carboxylic acid groups (broad SMARTS) is 1. The van der Waals surface area contributed by atoms with Gasteiger partial charge in [-0.25, -0.2) is 0 Å². The normalized spacial score (nSPS) is 38.2. The average Bonchev–Trinajstić information content (AvgIpc) is 2.36. The van der Waals surface area contributed by atoms with Crippen molar-refractivity contribution in [2.24, 2.45) is 23.2 Å². The lowest BCUT2D eigenvalue weighted by molar-refractivity contribution is -0.147. The Hall–Kier alpha value is -1.06. The van der Waals surface area contributed by atoms with Gasteiger partial charge in [0, 0.05) is 17.9 Å². The quantitative estimate of drug-likeness (QED) is 0.791. The van der Waals surface area contributed by atoms with Gasteiger partial charge in [-0.2, -0.15) is 0 Å². The van der Waals surface area contributed by atoms with E-state index in [9.17, 15) is 9.59 Å². The molecule has 0 spiro atoms. The average molecular weight is 293 g/mol. The van der Waals surface area contributed by atoms with Gasteiger partial charge in [0.15, 0.2) is 0 Å². The number of rotatable bonds is 6. The van der Waals surface area contributed by atoms with E-state index < -0.39 is 5.97 Å². The fraction of sp³-hybridized carbons (Fsp3) is 0.882. The Bertz CT molecular complexity index is 396. The zero-order valence-electron chi connectivity index (χ0n) is 12.9. The molecule has 0 aromatic heterocycles. The molecular weight excluding hydrogens is 266 g/mol. The highest BCUT2D eigenvalue weighted by Gasteiger charge is 2.54. The molecule has 0 saturated heterocycles. The fourth-order valence-corrected chi connectivity index (χ4v) is 5.40. The van der Waals surface area contributed by atoms with E-state index in [1.807, 2.05) is 6.92 Å². The molecule has 4 aliphatic carbocycles. The zero-order valence-corrected chi connectivity index (χ0v) is 12.9. The predicted octanol–water partition coefficient (Wildman–Crippen LogP) is 2.96. The van der Waals surface area contributed by atoms with Crippen LogP contribution in [0.1, 0.15) is 64.7 Å². The molecule has 0 heterocycles. The summed E-state index contributed by atoms with van der Waals surface area (Å²) < 4.78 is 0. The molecule has 0 radical (unpaired) electrons. The predicted molar refractivity (Wildman–Crippen MR) is 79.7 cm³/mol. The summed E-state index contributed by atoms with van der Waals surface area (Å²) in [5, 5.41) is 11.9. The topological polar surface area (TPSA) is 66.4 Å². The van der Waals surface area contributed by atoms with E-state index in [-0.39, 0.29) is 23.8 Å². The van der Waals surface area contributed by atoms with Crippen molar-refractivity contribution in [1.29, 1.82) is 0 Å². The minimum atomic E-state index is -0.755. The van der Waals surface area contributed by atoms with E-state index in [0.717, 1.165) is 43.4 Å². The fourth-order valence-electron chi connectivity index (χ4n) is 5.40. The second-order valence-electron chi connectivity index (χ2n) is 7.86. The zero-order chi connectivity index (χ0) is 15.0. The Morgan fingerprint density at radius 2 is 1.67 bits per heavy atom. The summed E-state index contributed by atoms with van der Waals surface area (Å²) in [6.07, 6.45) is 8.90. The molecule has 4 fully saturated rings. The van der Waals surface area contributed by atoms with Crippen LogP contribution in [0.25, 0.3) is 0 Å². The first-order chi connectivity index (χ1) is 9.97. The molecule has 1 atom stereocenters. The van der Waals surface area contributed by atoms with Crippen molar-refractivity contribution >= 4 is 11.9 Å². The summed E-state index contributed by atoms with van der Waals surface area (Å²) in [6, 6.07) is 0.0878. The minimum Gasteiger partial charge on any atom is -0.481 e. The third kappa shape index (κ3) is 3.09. The number of hydrogen-bond acceptors (Lipinski definition) is 2. The van der Waals surface area contributed by atoms with Gasteiger partial charge in [0.05, 0.1) is 0 Å². The van der Waals surface area contributed by atoms with Gasteiger partial charge >= 0.3 is 5.97 Å². The Kier molecular flexibility index (Phi) is 3.98. The van der Waals surface area contributed by atoms with Gasteiger partial charge < -0.3 is 10.4 Å². The van der Waals surface area contributed by atoms with Crippen LogP contribution in [0.3, 0.4) is 0 Å². The second-order valence-corrected chi connectivity index (χ2v) is 7.86. The largest absolute Gasteiger partial charge is 0.481 e. The lowest BCUT2D eigenvalue weighted by Crippen LogP contribution is -2.54. The number of nitrogens with one attached hydrogen (secondary N) is 1. The number of carboxylic acids is 1. The Morgan fingerprint density at radius 1 is 1.14 bits per heavy atom. The number of hydrogen-bond donors (Lipinski definition) is 2. The van der Waals surface area contributed by atoms with Crippen LogP contribution in [0.2, 0.25) is 0 Å². The van der Waals surface area contributed by atoms with Crippen LogP contribution in [0.5, 0.6) is 0 Å². The molecule has 0 aromatic rings. The molecule has 21 heavy (non-hydrogen) atoms. The molecule has 4 saturated carbocycles. The summed E-state index contributed by atoms with van der Waals surface area (Å²) in [4.78, 5) is 23.3.